The lowest BCUT2D eigenvalue weighted by molar-refractivity contribution is -0.144. The van der Waals surface area contributed by atoms with Crippen LogP contribution in [0.2, 0.25) is 0 Å². The Morgan fingerprint density at radius 1 is 0.862 bits per heavy atom. The number of ketones is 3. The van der Waals surface area contributed by atoms with Gasteiger partial charge in [0.25, 0.3) is 0 Å². The molecule has 1 heterocycles. The van der Waals surface area contributed by atoms with Gasteiger partial charge in [-0.25, -0.2) is 4.79 Å². The van der Waals surface area contributed by atoms with Crippen molar-refractivity contribution < 1.29 is 38.3 Å². The summed E-state index contributed by atoms with van der Waals surface area (Å²) in [5, 5.41) is 5.58. The second kappa shape index (κ2) is 19.3. The largest absolute Gasteiger partial charge is 0.444 e. The van der Waals surface area contributed by atoms with Gasteiger partial charge in [0.05, 0.1) is 6.04 Å². The number of ether oxygens (including phenoxy) is 1. The molecule has 3 aliphatic carbocycles. The van der Waals surface area contributed by atoms with Crippen LogP contribution in [0.15, 0.2) is 54.6 Å². The smallest absolute Gasteiger partial charge is 0.408 e. The maximum atomic E-state index is 14.5. The van der Waals surface area contributed by atoms with Crippen molar-refractivity contribution in [3.8, 4) is 0 Å². The van der Waals surface area contributed by atoms with E-state index in [4.69, 9.17) is 4.74 Å². The zero-order valence-corrected chi connectivity index (χ0v) is 35.3. The molecule has 0 bridgehead atoms. The second-order valence-electron chi connectivity index (χ2n) is 17.8. The minimum Gasteiger partial charge on any atom is -0.444 e. The molecular weight excluding hydrogens is 737 g/mol. The Balaban J connectivity index is 0.00000207. The minimum absolute atomic E-state index is 0.0297. The van der Waals surface area contributed by atoms with Crippen LogP contribution < -0.4 is 10.6 Å². The Morgan fingerprint density at radius 2 is 1.47 bits per heavy atom. The number of rotatable bonds is 16. The lowest BCUT2D eigenvalue weighted by Crippen LogP contribution is -2.56. The first-order valence-electron chi connectivity index (χ1n) is 21.0. The fraction of sp³-hybridized carbons (Fsp3) is 0.587. The van der Waals surface area contributed by atoms with Crippen LogP contribution >= 0.6 is 0 Å². The predicted octanol–water partition coefficient (Wildman–Crippen LogP) is 5.80. The van der Waals surface area contributed by atoms with Crippen molar-refractivity contribution in [2.75, 3.05) is 20.6 Å². The van der Waals surface area contributed by atoms with Gasteiger partial charge in [0.1, 0.15) is 17.7 Å². The molecule has 314 valence electrons. The summed E-state index contributed by atoms with van der Waals surface area (Å²) in [4.78, 5) is 97.7. The average molecular weight is 799 g/mol. The van der Waals surface area contributed by atoms with Gasteiger partial charge >= 0.3 is 6.09 Å². The Kier molecular flexibility index (Phi) is 14.7. The monoisotopic (exact) mass is 798 g/mol. The third-order valence-electron chi connectivity index (χ3n) is 11.4. The Morgan fingerprint density at radius 3 is 2.03 bits per heavy atom. The van der Waals surface area contributed by atoms with E-state index in [-0.39, 0.29) is 60.5 Å². The molecule has 2 saturated carbocycles. The fourth-order valence-corrected chi connectivity index (χ4v) is 8.33. The predicted molar refractivity (Wildman–Crippen MR) is 219 cm³/mol. The van der Waals surface area contributed by atoms with Crippen molar-refractivity contribution in [2.24, 2.45) is 29.6 Å². The molecule has 3 fully saturated rings. The van der Waals surface area contributed by atoms with Crippen molar-refractivity contribution >= 4 is 41.2 Å². The van der Waals surface area contributed by atoms with Crippen LogP contribution in [-0.4, -0.2) is 89.3 Å². The van der Waals surface area contributed by atoms with Crippen LogP contribution in [0.5, 0.6) is 0 Å². The highest BCUT2D eigenvalue weighted by Gasteiger charge is 2.58. The molecule has 0 aromatic heterocycles. The number of likely N-dealkylation sites (tertiary alicyclic amines) is 1. The third kappa shape index (κ3) is 11.6. The maximum Gasteiger partial charge on any atom is 0.408 e. The number of hydrogen-bond acceptors (Lipinski definition) is 8. The average Bonchev–Trinajstić information content (AvgIpc) is 4.08. The summed E-state index contributed by atoms with van der Waals surface area (Å²) < 4.78 is 5.56. The zero-order chi connectivity index (χ0) is 42.3. The number of hydrogen-bond donors (Lipinski definition) is 2. The molecule has 0 radical (unpaired) electrons. The molecule has 6 rings (SSSR count). The van der Waals surface area contributed by atoms with E-state index in [0.717, 1.165) is 30.4 Å². The van der Waals surface area contributed by atoms with Gasteiger partial charge in [-0.3, -0.25) is 28.8 Å². The van der Waals surface area contributed by atoms with E-state index in [1.807, 2.05) is 24.3 Å². The SMILES string of the molecule is CCC.CN(C)C(=O)[C@@H](NC(=O)CCC(=O)C(=O)C(CC(=O)[C@@H]1[C@H]2C[C@H]2CN1C(=O)[C@@H](NC(=O)OC(C)(C)C)C1Cc2ccccc2C1)CC1CC1)c1ccccc1. The van der Waals surface area contributed by atoms with E-state index in [1.165, 1.54) is 11.3 Å². The summed E-state index contributed by atoms with van der Waals surface area (Å²) in [5.41, 5.74) is 2.06. The molecule has 4 amide bonds. The van der Waals surface area contributed by atoms with Crippen LogP contribution in [0, 0.1) is 29.6 Å². The van der Waals surface area contributed by atoms with Gasteiger partial charge < -0.3 is 25.2 Å². The number of nitrogens with one attached hydrogen (secondary N) is 2. The lowest BCUT2D eigenvalue weighted by Gasteiger charge is -2.34. The zero-order valence-electron chi connectivity index (χ0n) is 35.3. The summed E-state index contributed by atoms with van der Waals surface area (Å²) in [6.45, 7) is 9.91. The van der Waals surface area contributed by atoms with E-state index in [0.29, 0.717) is 31.4 Å². The number of alkyl carbamates (subject to hydrolysis) is 1. The minimum atomic E-state index is -0.944. The van der Waals surface area contributed by atoms with Crippen LogP contribution in [0.4, 0.5) is 4.79 Å². The quantitative estimate of drug-likeness (QED) is 0.202. The van der Waals surface area contributed by atoms with Gasteiger partial charge in [0.2, 0.25) is 23.5 Å². The maximum absolute atomic E-state index is 14.5. The van der Waals surface area contributed by atoms with Crippen molar-refractivity contribution in [2.45, 2.75) is 123 Å². The first kappa shape index (κ1) is 44.2. The highest BCUT2D eigenvalue weighted by molar-refractivity contribution is 6.38. The van der Waals surface area contributed by atoms with Crippen LogP contribution in [0.25, 0.3) is 0 Å². The van der Waals surface area contributed by atoms with Gasteiger partial charge in [-0.15, -0.1) is 0 Å². The molecular formula is C46H62N4O8. The van der Waals surface area contributed by atoms with E-state index >= 15 is 0 Å². The number of Topliss-reactive ketones (excluding diaryl/α,β-unsaturated/α-hetero) is 3. The Bertz CT molecular complexity index is 1810. The molecule has 1 aliphatic heterocycles. The molecule has 4 aliphatic rings. The molecule has 1 unspecified atom stereocenters. The number of likely N-dealkylation sites (N-methyl/N-ethyl adjacent to an activating group) is 1. The van der Waals surface area contributed by atoms with E-state index in [2.05, 4.69) is 24.5 Å². The first-order chi connectivity index (χ1) is 27.5. The fourth-order valence-electron chi connectivity index (χ4n) is 8.33. The number of carbonyl (C=O) groups excluding carboxylic acids is 7. The number of amides is 4. The van der Waals surface area contributed by atoms with Crippen LogP contribution in [0.3, 0.4) is 0 Å². The molecule has 6 atom stereocenters. The molecule has 0 spiro atoms. The number of carbonyl (C=O) groups is 7. The summed E-state index contributed by atoms with van der Waals surface area (Å²) >= 11 is 0. The normalized spacial score (nSPS) is 20.9. The van der Waals surface area contributed by atoms with Gasteiger partial charge in [0.15, 0.2) is 11.6 Å². The number of nitrogens with zero attached hydrogens (tertiary/aromatic N) is 2. The number of fused-ring (bicyclic) bond motifs is 2. The van der Waals surface area contributed by atoms with Crippen molar-refractivity contribution in [1.82, 2.24) is 20.4 Å². The summed E-state index contributed by atoms with van der Waals surface area (Å²) in [7, 11) is 3.18. The molecule has 2 aromatic rings. The van der Waals surface area contributed by atoms with Gasteiger partial charge in [-0.05, 0) is 86.8 Å². The van der Waals surface area contributed by atoms with Crippen LogP contribution in [-0.2, 0) is 46.3 Å². The van der Waals surface area contributed by atoms with E-state index in [1.54, 1.807) is 70.1 Å². The first-order valence-corrected chi connectivity index (χ1v) is 21.0. The van der Waals surface area contributed by atoms with Gasteiger partial charge in [-0.1, -0.05) is 87.7 Å². The molecule has 12 heteroatoms. The number of piperidine rings is 1. The van der Waals surface area contributed by atoms with Crippen molar-refractivity contribution in [3.05, 3.63) is 71.3 Å². The Hall–Kier alpha value is -4.87. The van der Waals surface area contributed by atoms with Crippen molar-refractivity contribution in [3.63, 3.8) is 0 Å². The molecule has 12 nitrogen and oxygen atoms in total. The Labute approximate surface area is 343 Å². The lowest BCUT2D eigenvalue weighted by atomic mass is 9.86. The van der Waals surface area contributed by atoms with Gasteiger partial charge in [0, 0.05) is 45.8 Å². The molecule has 58 heavy (non-hydrogen) atoms. The molecule has 2 N–H and O–H groups in total. The molecule has 1 saturated heterocycles. The topological polar surface area (TPSA) is 159 Å². The second-order valence-corrected chi connectivity index (χ2v) is 17.8. The molecule has 2 aromatic carbocycles. The number of benzene rings is 2. The third-order valence-corrected chi connectivity index (χ3v) is 11.4. The summed E-state index contributed by atoms with van der Waals surface area (Å²) in [6.07, 6.45) is 3.96. The highest BCUT2D eigenvalue weighted by atomic mass is 16.6. The summed E-state index contributed by atoms with van der Waals surface area (Å²) in [5.74, 6) is -3.56. The highest BCUT2D eigenvalue weighted by Crippen LogP contribution is 2.51. The van der Waals surface area contributed by atoms with E-state index < -0.39 is 53.2 Å². The van der Waals surface area contributed by atoms with Gasteiger partial charge in [-0.2, -0.15) is 0 Å². The standard InChI is InChI=1S/C43H54N4O8.C3H8/c1-43(2,3)55-42(54)45-37(29-20-27-13-9-10-14-28(27)21-29)41(53)47-24-31-22-32(31)38(47)34(49)23-30(19-25-15-16-25)39(51)33(48)17-18-35(50)44-36(40(52)46(4)5)26-11-7-6-8-12-26;1-3-2/h6-14,25,29-32,36-38H,15-24H2,1-5H3,(H,44,50)(H,45,54);3H2,1-2H3/t30?,31-,32-,36-,37-,38-;/m0./s1. The van der Waals surface area contributed by atoms with Crippen molar-refractivity contribution in [1.29, 1.82) is 0 Å². The van der Waals surface area contributed by atoms with E-state index in [9.17, 15) is 33.6 Å². The van der Waals surface area contributed by atoms with Crippen LogP contribution in [0.1, 0.15) is 109 Å². The summed E-state index contributed by atoms with van der Waals surface area (Å²) in [6, 6.07) is 14.2.